The van der Waals surface area contributed by atoms with Gasteiger partial charge in [0.25, 0.3) is 0 Å². The molecule has 0 aliphatic carbocycles. The van der Waals surface area contributed by atoms with Crippen molar-refractivity contribution in [1.29, 1.82) is 0 Å². The lowest BCUT2D eigenvalue weighted by Gasteiger charge is -2.38. The van der Waals surface area contributed by atoms with Gasteiger partial charge in [0.05, 0.1) is 12.2 Å². The summed E-state index contributed by atoms with van der Waals surface area (Å²) in [5, 5.41) is 0. The summed E-state index contributed by atoms with van der Waals surface area (Å²) in [6.45, 7) is 5.89. The van der Waals surface area contributed by atoms with Crippen molar-refractivity contribution in [2.45, 2.75) is 31.9 Å². The Morgan fingerprint density at radius 3 is 2.65 bits per heavy atom. The Labute approximate surface area is 126 Å². The van der Waals surface area contributed by atoms with Gasteiger partial charge < -0.3 is 15.4 Å². The van der Waals surface area contributed by atoms with Gasteiger partial charge in [0.1, 0.15) is 0 Å². The van der Waals surface area contributed by atoms with Crippen molar-refractivity contribution in [3.8, 4) is 0 Å². The van der Waals surface area contributed by atoms with Gasteiger partial charge in [-0.15, -0.1) is 12.4 Å². The van der Waals surface area contributed by atoms with Crippen LogP contribution in [-0.2, 0) is 9.53 Å². The first kappa shape index (κ1) is 17.0. The largest absolute Gasteiger partial charge is 0.372 e. The maximum atomic E-state index is 12.3. The molecule has 1 aromatic carbocycles. The van der Waals surface area contributed by atoms with Crippen LogP contribution in [0.1, 0.15) is 31.9 Å². The average Bonchev–Trinajstić information content (AvgIpc) is 2.38. The van der Waals surface area contributed by atoms with Crippen LogP contribution in [-0.4, -0.2) is 36.1 Å². The first-order valence-corrected chi connectivity index (χ1v) is 6.70. The molecule has 0 bridgehead atoms. The summed E-state index contributed by atoms with van der Waals surface area (Å²) in [5.74, 6) is 0.104. The number of rotatable bonds is 3. The number of amides is 1. The molecule has 1 amide bonds. The predicted molar refractivity (Wildman–Crippen MR) is 81.8 cm³/mol. The molecule has 1 aliphatic heterocycles. The van der Waals surface area contributed by atoms with Gasteiger partial charge in [-0.1, -0.05) is 30.3 Å². The van der Waals surface area contributed by atoms with E-state index in [1.807, 2.05) is 49.1 Å². The number of halogens is 1. The molecule has 0 spiro atoms. The quantitative estimate of drug-likeness (QED) is 0.930. The number of hydrogen-bond acceptors (Lipinski definition) is 3. The molecule has 4 nitrogen and oxygen atoms in total. The summed E-state index contributed by atoms with van der Waals surface area (Å²) in [6, 6.07) is 9.51. The van der Waals surface area contributed by atoms with Gasteiger partial charge in [-0.2, -0.15) is 0 Å². The van der Waals surface area contributed by atoms with Crippen LogP contribution in [0.2, 0.25) is 0 Å². The molecule has 20 heavy (non-hydrogen) atoms. The van der Waals surface area contributed by atoms with Crippen molar-refractivity contribution >= 4 is 18.3 Å². The Kier molecular flexibility index (Phi) is 5.99. The van der Waals surface area contributed by atoms with Crippen LogP contribution in [0.3, 0.4) is 0 Å². The van der Waals surface area contributed by atoms with Crippen molar-refractivity contribution in [2.75, 3.05) is 19.7 Å². The Morgan fingerprint density at radius 1 is 1.40 bits per heavy atom. The molecule has 0 aromatic heterocycles. The molecule has 1 fully saturated rings. The third-order valence-corrected chi connectivity index (χ3v) is 3.40. The van der Waals surface area contributed by atoms with Crippen molar-refractivity contribution in [3.63, 3.8) is 0 Å². The molecule has 1 unspecified atom stereocenters. The second-order valence-corrected chi connectivity index (χ2v) is 5.64. The lowest BCUT2D eigenvalue weighted by Crippen LogP contribution is -2.51. The number of morpholine rings is 1. The number of hydrogen-bond donors (Lipinski definition) is 1. The van der Waals surface area contributed by atoms with Gasteiger partial charge in [0.2, 0.25) is 5.91 Å². The van der Waals surface area contributed by atoms with Gasteiger partial charge >= 0.3 is 0 Å². The van der Waals surface area contributed by atoms with Gasteiger partial charge in [-0.05, 0) is 19.4 Å². The Morgan fingerprint density at radius 2 is 2.05 bits per heavy atom. The number of carbonyl (C=O) groups is 1. The molecule has 0 radical (unpaired) electrons. The van der Waals surface area contributed by atoms with E-state index in [4.69, 9.17) is 10.5 Å². The summed E-state index contributed by atoms with van der Waals surface area (Å²) in [6.07, 6.45) is 0.347. The molecule has 5 heteroatoms. The maximum absolute atomic E-state index is 12.3. The van der Waals surface area contributed by atoms with Crippen LogP contribution in [0, 0.1) is 0 Å². The van der Waals surface area contributed by atoms with Gasteiger partial charge in [0, 0.05) is 25.6 Å². The van der Waals surface area contributed by atoms with E-state index in [9.17, 15) is 4.79 Å². The molecule has 1 saturated heterocycles. The SMILES string of the molecule is CC1(C)CN(C(=O)CC(N)c2ccccc2)CCO1.Cl. The minimum Gasteiger partial charge on any atom is -0.372 e. The fourth-order valence-electron chi connectivity index (χ4n) is 2.36. The molecule has 1 aliphatic rings. The molecule has 1 heterocycles. The average molecular weight is 299 g/mol. The van der Waals surface area contributed by atoms with Crippen LogP contribution in [0.4, 0.5) is 0 Å². The summed E-state index contributed by atoms with van der Waals surface area (Å²) in [4.78, 5) is 14.1. The summed E-state index contributed by atoms with van der Waals surface area (Å²) in [5.41, 5.74) is 6.84. The molecular weight excluding hydrogens is 276 g/mol. The van der Waals surface area contributed by atoms with E-state index in [0.29, 0.717) is 26.1 Å². The number of ether oxygens (including phenoxy) is 1. The van der Waals surface area contributed by atoms with E-state index in [1.54, 1.807) is 0 Å². The number of benzene rings is 1. The molecule has 2 N–H and O–H groups in total. The third-order valence-electron chi connectivity index (χ3n) is 3.40. The normalized spacial score (nSPS) is 19.1. The zero-order valence-corrected chi connectivity index (χ0v) is 12.9. The fourth-order valence-corrected chi connectivity index (χ4v) is 2.36. The maximum Gasteiger partial charge on any atom is 0.224 e. The topological polar surface area (TPSA) is 55.6 Å². The van der Waals surface area contributed by atoms with Crippen molar-refractivity contribution < 1.29 is 9.53 Å². The number of nitrogens with zero attached hydrogens (tertiary/aromatic N) is 1. The Hall–Kier alpha value is -1.10. The van der Waals surface area contributed by atoms with Crippen LogP contribution >= 0.6 is 12.4 Å². The molecule has 0 saturated carbocycles. The van der Waals surface area contributed by atoms with E-state index in [1.165, 1.54) is 0 Å². The van der Waals surface area contributed by atoms with Crippen molar-refractivity contribution in [1.82, 2.24) is 4.90 Å². The number of carbonyl (C=O) groups excluding carboxylic acids is 1. The van der Waals surface area contributed by atoms with Gasteiger partial charge in [-0.25, -0.2) is 0 Å². The molecule has 1 aromatic rings. The highest BCUT2D eigenvalue weighted by atomic mass is 35.5. The minimum absolute atomic E-state index is 0. The van der Waals surface area contributed by atoms with E-state index in [0.717, 1.165) is 5.56 Å². The summed E-state index contributed by atoms with van der Waals surface area (Å²) in [7, 11) is 0. The predicted octanol–water partition coefficient (Wildman–Crippen LogP) is 2.14. The fraction of sp³-hybridized carbons (Fsp3) is 0.533. The zero-order valence-electron chi connectivity index (χ0n) is 12.0. The van der Waals surface area contributed by atoms with E-state index >= 15 is 0 Å². The van der Waals surface area contributed by atoms with Gasteiger partial charge in [0.15, 0.2) is 0 Å². The second kappa shape index (κ2) is 7.07. The van der Waals surface area contributed by atoms with Crippen molar-refractivity contribution in [2.24, 2.45) is 5.73 Å². The molecular formula is C15H23ClN2O2. The highest BCUT2D eigenvalue weighted by Gasteiger charge is 2.30. The van der Waals surface area contributed by atoms with E-state index in [-0.39, 0.29) is 30.0 Å². The van der Waals surface area contributed by atoms with Crippen molar-refractivity contribution in [3.05, 3.63) is 35.9 Å². The molecule has 2 rings (SSSR count). The summed E-state index contributed by atoms with van der Waals surface area (Å²) < 4.78 is 5.61. The van der Waals surface area contributed by atoms with E-state index < -0.39 is 0 Å². The summed E-state index contributed by atoms with van der Waals surface area (Å²) >= 11 is 0. The van der Waals surface area contributed by atoms with Crippen LogP contribution < -0.4 is 5.73 Å². The first-order chi connectivity index (χ1) is 8.98. The van der Waals surface area contributed by atoms with Gasteiger partial charge in [-0.3, -0.25) is 4.79 Å². The lowest BCUT2D eigenvalue weighted by atomic mass is 10.0. The zero-order chi connectivity index (χ0) is 13.9. The Balaban J connectivity index is 0.00000200. The number of nitrogens with two attached hydrogens (primary N) is 1. The first-order valence-electron chi connectivity index (χ1n) is 6.70. The smallest absolute Gasteiger partial charge is 0.224 e. The van der Waals surface area contributed by atoms with Crippen LogP contribution in [0.5, 0.6) is 0 Å². The Bertz CT molecular complexity index is 437. The monoisotopic (exact) mass is 298 g/mol. The third kappa shape index (κ3) is 4.47. The van der Waals surface area contributed by atoms with Crippen LogP contribution in [0.25, 0.3) is 0 Å². The molecule has 1 atom stereocenters. The minimum atomic E-state index is -0.259. The highest BCUT2D eigenvalue weighted by molar-refractivity contribution is 5.85. The van der Waals surface area contributed by atoms with Crippen LogP contribution in [0.15, 0.2) is 30.3 Å². The second-order valence-electron chi connectivity index (χ2n) is 5.64. The standard InChI is InChI=1S/C15H22N2O2.ClH/c1-15(2)11-17(8-9-19-15)14(18)10-13(16)12-6-4-3-5-7-12;/h3-7,13H,8-11,16H2,1-2H3;1H. The molecule has 112 valence electrons. The lowest BCUT2D eigenvalue weighted by molar-refractivity contribution is -0.146. The van der Waals surface area contributed by atoms with E-state index in [2.05, 4.69) is 0 Å². The highest BCUT2D eigenvalue weighted by Crippen LogP contribution is 2.20.